The van der Waals surface area contributed by atoms with Crippen LogP contribution in [0.1, 0.15) is 6.42 Å². The summed E-state index contributed by atoms with van der Waals surface area (Å²) in [6.07, 6.45) is 5.50. The fourth-order valence-electron chi connectivity index (χ4n) is 1.26. The third-order valence-electron chi connectivity index (χ3n) is 2.12. The second kappa shape index (κ2) is 5.16. The molecule has 2 aromatic rings. The van der Waals surface area contributed by atoms with Gasteiger partial charge < -0.3 is 0 Å². The Morgan fingerprint density at radius 3 is 1.13 bits per heavy atom. The van der Waals surface area contributed by atoms with Crippen molar-refractivity contribution in [3.05, 3.63) is 72.8 Å². The molecule has 0 spiro atoms. The summed E-state index contributed by atoms with van der Waals surface area (Å²) in [7, 11) is 0. The first-order valence-corrected chi connectivity index (χ1v) is 5.22. The van der Waals surface area contributed by atoms with Gasteiger partial charge in [0.15, 0.2) is 0 Å². The van der Waals surface area contributed by atoms with E-state index in [2.05, 4.69) is 60.7 Å². The molecule has 0 heteroatoms. The second-order valence-corrected chi connectivity index (χ2v) is 3.44. The fourth-order valence-corrected chi connectivity index (χ4v) is 1.26. The molecule has 0 saturated heterocycles. The van der Waals surface area contributed by atoms with Gasteiger partial charge in [-0.3, -0.25) is 0 Å². The van der Waals surface area contributed by atoms with Gasteiger partial charge in [0.1, 0.15) is 0 Å². The molecule has 15 heavy (non-hydrogen) atoms. The molecule has 0 fully saturated rings. The Hall–Kier alpha value is -1.82. The van der Waals surface area contributed by atoms with Crippen LogP contribution in [0, 0.1) is 0 Å². The number of benzene rings is 2. The van der Waals surface area contributed by atoms with Crippen LogP contribution in [-0.4, -0.2) is 0 Å². The van der Waals surface area contributed by atoms with E-state index in [0.29, 0.717) is 0 Å². The summed E-state index contributed by atoms with van der Waals surface area (Å²) in [5.74, 6) is 0. The van der Waals surface area contributed by atoms with Gasteiger partial charge in [-0.1, -0.05) is 72.8 Å². The van der Waals surface area contributed by atoms with Crippen LogP contribution in [0.15, 0.2) is 72.8 Å². The molecule has 0 radical (unpaired) electrons. The highest BCUT2D eigenvalue weighted by Crippen LogP contribution is 2.17. The highest BCUT2D eigenvalue weighted by molar-refractivity contribution is 5.62. The highest BCUT2D eigenvalue weighted by Gasteiger charge is 1.91. The first-order valence-electron chi connectivity index (χ1n) is 5.22. The third kappa shape index (κ3) is 3.43. The Kier molecular flexibility index (Phi) is 3.34. The standard InChI is InChI=1S/C12H10.C3H4/c1-3-7-11(8-4-1)12-9-5-2-6-10-12;1-2-3-1/h1-10H;1-2H,3H2. The molecule has 0 unspecified atom stereocenters. The molecule has 0 aliphatic heterocycles. The number of hydrogen-bond acceptors (Lipinski definition) is 0. The predicted octanol–water partition coefficient (Wildman–Crippen LogP) is 4.30. The van der Waals surface area contributed by atoms with E-state index in [-0.39, 0.29) is 0 Å². The van der Waals surface area contributed by atoms with Crippen molar-refractivity contribution in [3.63, 3.8) is 0 Å². The van der Waals surface area contributed by atoms with E-state index in [0.717, 1.165) is 0 Å². The Morgan fingerprint density at radius 2 is 0.867 bits per heavy atom. The first-order chi connectivity index (χ1) is 7.47. The summed E-state index contributed by atoms with van der Waals surface area (Å²) >= 11 is 0. The lowest BCUT2D eigenvalue weighted by Crippen LogP contribution is -1.73. The van der Waals surface area contributed by atoms with Crippen molar-refractivity contribution >= 4 is 0 Å². The molecule has 0 N–H and O–H groups in total. The molecule has 1 aliphatic rings. The van der Waals surface area contributed by atoms with Gasteiger partial charge >= 0.3 is 0 Å². The molecular formula is C15H14. The largest absolute Gasteiger partial charge is 0.0844 e. The molecular weight excluding hydrogens is 180 g/mol. The maximum atomic E-state index is 2.12. The highest BCUT2D eigenvalue weighted by atomic mass is 14.0. The molecule has 0 nitrogen and oxygen atoms in total. The first kappa shape index (κ1) is 9.72. The maximum absolute atomic E-state index is 2.12. The second-order valence-electron chi connectivity index (χ2n) is 3.44. The van der Waals surface area contributed by atoms with E-state index < -0.39 is 0 Å². The van der Waals surface area contributed by atoms with Gasteiger partial charge in [0.2, 0.25) is 0 Å². The molecule has 1 aliphatic carbocycles. The van der Waals surface area contributed by atoms with Gasteiger partial charge in [0.05, 0.1) is 0 Å². The van der Waals surface area contributed by atoms with Gasteiger partial charge in [-0.25, -0.2) is 0 Å². The Bertz CT molecular complexity index is 371. The molecule has 0 aromatic heterocycles. The van der Waals surface area contributed by atoms with Crippen LogP contribution in [0.4, 0.5) is 0 Å². The summed E-state index contributed by atoms with van der Waals surface area (Å²) in [5, 5.41) is 0. The topological polar surface area (TPSA) is 0 Å². The van der Waals surface area contributed by atoms with Gasteiger partial charge in [-0.15, -0.1) is 0 Å². The van der Waals surface area contributed by atoms with E-state index >= 15 is 0 Å². The smallest absolute Gasteiger partial charge is 0.0169 e. The zero-order valence-electron chi connectivity index (χ0n) is 8.64. The van der Waals surface area contributed by atoms with Gasteiger partial charge in [-0.2, -0.15) is 0 Å². The van der Waals surface area contributed by atoms with Gasteiger partial charge in [0.25, 0.3) is 0 Å². The van der Waals surface area contributed by atoms with Crippen LogP contribution < -0.4 is 0 Å². The predicted molar refractivity (Wildman–Crippen MR) is 65.6 cm³/mol. The molecule has 0 heterocycles. The van der Waals surface area contributed by atoms with Crippen molar-refractivity contribution in [2.75, 3.05) is 0 Å². The van der Waals surface area contributed by atoms with E-state index in [1.54, 1.807) is 0 Å². The summed E-state index contributed by atoms with van der Waals surface area (Å²) in [4.78, 5) is 0. The van der Waals surface area contributed by atoms with Crippen molar-refractivity contribution in [3.8, 4) is 11.1 Å². The average Bonchev–Trinajstić information content (AvgIpc) is 3.19. The summed E-state index contributed by atoms with van der Waals surface area (Å²) in [5.41, 5.74) is 2.55. The van der Waals surface area contributed by atoms with Crippen LogP contribution in [0.3, 0.4) is 0 Å². The van der Waals surface area contributed by atoms with Crippen LogP contribution in [-0.2, 0) is 0 Å². The van der Waals surface area contributed by atoms with Gasteiger partial charge in [-0.05, 0) is 17.5 Å². The molecule has 0 bridgehead atoms. The third-order valence-corrected chi connectivity index (χ3v) is 2.12. The van der Waals surface area contributed by atoms with Crippen molar-refractivity contribution in [1.29, 1.82) is 0 Å². The van der Waals surface area contributed by atoms with Crippen molar-refractivity contribution in [1.82, 2.24) is 0 Å². The van der Waals surface area contributed by atoms with E-state index in [4.69, 9.17) is 0 Å². The molecule has 2 aromatic carbocycles. The number of hydrogen-bond donors (Lipinski definition) is 0. The maximum Gasteiger partial charge on any atom is -0.0169 e. The minimum Gasteiger partial charge on any atom is -0.0844 e. The zero-order chi connectivity index (χ0) is 10.3. The Morgan fingerprint density at radius 1 is 0.533 bits per heavy atom. The van der Waals surface area contributed by atoms with Crippen molar-refractivity contribution in [2.24, 2.45) is 0 Å². The Labute approximate surface area is 90.9 Å². The fraction of sp³-hybridized carbons (Fsp3) is 0.0667. The normalized spacial score (nSPS) is 11.5. The van der Waals surface area contributed by atoms with Crippen LogP contribution in [0.5, 0.6) is 0 Å². The van der Waals surface area contributed by atoms with Crippen LogP contribution in [0.25, 0.3) is 11.1 Å². The minimum absolute atomic E-state index is 1.25. The van der Waals surface area contributed by atoms with Crippen molar-refractivity contribution in [2.45, 2.75) is 6.42 Å². The SMILES string of the molecule is C1=CC1.c1ccc(-c2ccccc2)cc1. The summed E-state index contributed by atoms with van der Waals surface area (Å²) in [6.45, 7) is 0. The van der Waals surface area contributed by atoms with E-state index in [1.807, 2.05) is 12.1 Å². The van der Waals surface area contributed by atoms with Crippen molar-refractivity contribution < 1.29 is 0 Å². The molecule has 0 amide bonds. The quantitative estimate of drug-likeness (QED) is 0.594. The molecule has 0 saturated carbocycles. The molecule has 0 atom stereocenters. The monoisotopic (exact) mass is 194 g/mol. The number of allylic oxidation sites excluding steroid dienone is 2. The zero-order valence-corrected chi connectivity index (χ0v) is 8.64. The van der Waals surface area contributed by atoms with E-state index in [1.165, 1.54) is 17.5 Å². The lowest BCUT2D eigenvalue weighted by molar-refractivity contribution is 1.62. The van der Waals surface area contributed by atoms with Gasteiger partial charge in [0, 0.05) is 0 Å². The van der Waals surface area contributed by atoms with Crippen LogP contribution >= 0.6 is 0 Å². The Balaban J connectivity index is 0.000000244. The average molecular weight is 194 g/mol. The lowest BCUT2D eigenvalue weighted by Gasteiger charge is -1.98. The molecule has 3 rings (SSSR count). The van der Waals surface area contributed by atoms with E-state index in [9.17, 15) is 0 Å². The molecule has 74 valence electrons. The summed E-state index contributed by atoms with van der Waals surface area (Å²) < 4.78 is 0. The number of rotatable bonds is 1. The minimum atomic E-state index is 1.25. The van der Waals surface area contributed by atoms with Crippen LogP contribution in [0.2, 0.25) is 0 Å². The summed E-state index contributed by atoms with van der Waals surface area (Å²) in [6, 6.07) is 20.8. The lowest BCUT2D eigenvalue weighted by atomic mass is 10.1.